The number of halogens is 2. The fourth-order valence-corrected chi connectivity index (χ4v) is 9.22. The summed E-state index contributed by atoms with van der Waals surface area (Å²) in [4.78, 5) is 17.1. The number of aryl methyl sites for hydroxylation is 1. The van der Waals surface area contributed by atoms with Gasteiger partial charge in [-0.3, -0.25) is 9.58 Å². The Labute approximate surface area is 301 Å². The first-order valence-corrected chi connectivity index (χ1v) is 18.3. The maximum Gasteiger partial charge on any atom is 0.319 e. The van der Waals surface area contributed by atoms with Crippen molar-refractivity contribution in [3.05, 3.63) is 47.7 Å². The molecule has 1 N–H and O–H groups in total. The number of fused-ring (bicyclic) bond motifs is 6. The van der Waals surface area contributed by atoms with E-state index in [0.717, 1.165) is 71.4 Å². The number of aromatic hydroxyl groups is 1. The Bertz CT molecular complexity index is 2260. The zero-order chi connectivity index (χ0) is 35.9. The molecule has 3 saturated heterocycles. The number of terminal acetylenes is 1. The molecule has 0 spiro atoms. The van der Waals surface area contributed by atoms with Crippen molar-refractivity contribution in [2.75, 3.05) is 58.5 Å². The first kappa shape index (κ1) is 33.3. The Morgan fingerprint density at radius 1 is 1.02 bits per heavy atom. The van der Waals surface area contributed by atoms with Crippen LogP contribution in [-0.2, 0) is 11.8 Å². The summed E-state index contributed by atoms with van der Waals surface area (Å²) in [6.07, 6.45) is 13.8. The first-order chi connectivity index (χ1) is 25.1. The average Bonchev–Trinajstić information content (AvgIpc) is 3.70. The lowest BCUT2D eigenvalue weighted by atomic mass is 9.91. The largest absolute Gasteiger partial charge is 0.508 e. The molecule has 9 rings (SSSR count). The van der Waals surface area contributed by atoms with Crippen LogP contribution in [0.25, 0.3) is 43.7 Å². The second-order valence-electron chi connectivity index (χ2n) is 15.6. The van der Waals surface area contributed by atoms with E-state index in [4.69, 9.17) is 31.0 Å². The number of ether oxygens (including phenoxy) is 2. The molecule has 4 fully saturated rings. The molecule has 52 heavy (non-hydrogen) atoms. The van der Waals surface area contributed by atoms with Crippen molar-refractivity contribution in [2.45, 2.75) is 56.7 Å². The van der Waals surface area contributed by atoms with Gasteiger partial charge in [-0.1, -0.05) is 12.0 Å². The zero-order valence-electron chi connectivity index (χ0n) is 29.8. The molecule has 0 amide bonds. The quantitative estimate of drug-likeness (QED) is 0.200. The molecule has 3 aromatic carbocycles. The number of benzene rings is 3. The van der Waals surface area contributed by atoms with E-state index in [0.29, 0.717) is 45.5 Å². The van der Waals surface area contributed by atoms with E-state index in [9.17, 15) is 5.11 Å². The Morgan fingerprint density at radius 3 is 2.46 bits per heavy atom. The van der Waals surface area contributed by atoms with Gasteiger partial charge in [-0.05, 0) is 81.8 Å². The number of hydrogen-bond donors (Lipinski definition) is 1. The normalized spacial score (nSPS) is 21.8. The topological polar surface area (TPSA) is 92.0 Å². The minimum atomic E-state index is -0.656. The lowest BCUT2D eigenvalue weighted by Gasteiger charge is -2.46. The summed E-state index contributed by atoms with van der Waals surface area (Å²) in [5.74, 6) is 1.74. The van der Waals surface area contributed by atoms with Crippen molar-refractivity contribution >= 4 is 38.4 Å². The number of rotatable bonds is 8. The van der Waals surface area contributed by atoms with E-state index >= 15 is 8.78 Å². The summed E-state index contributed by atoms with van der Waals surface area (Å²) in [5.41, 5.74) is 0.749. The maximum atomic E-state index is 17.7. The van der Waals surface area contributed by atoms with Gasteiger partial charge in [0.25, 0.3) is 0 Å². The Kier molecular flexibility index (Phi) is 8.02. The van der Waals surface area contributed by atoms with Gasteiger partial charge in [-0.15, -0.1) is 6.42 Å². The number of phenols is 1. The highest BCUT2D eigenvalue weighted by atomic mass is 19.1. The fraction of sp³-hybridized carbons (Fsp3) is 0.475. The number of hydrogen-bond acceptors (Lipinski definition) is 9. The van der Waals surface area contributed by atoms with Gasteiger partial charge < -0.3 is 24.4 Å². The molecular weight excluding hydrogens is 664 g/mol. The van der Waals surface area contributed by atoms with E-state index in [2.05, 4.69) is 34.7 Å². The fourth-order valence-electron chi connectivity index (χ4n) is 9.22. The van der Waals surface area contributed by atoms with Crippen LogP contribution >= 0.6 is 0 Å². The van der Waals surface area contributed by atoms with Crippen LogP contribution in [0.15, 0.2) is 30.5 Å². The number of nitrogens with zero attached hydrogens (tertiary/aromatic N) is 7. The highest BCUT2D eigenvalue weighted by Crippen LogP contribution is 2.48. The molecule has 270 valence electrons. The van der Waals surface area contributed by atoms with Crippen LogP contribution in [-0.4, -0.2) is 106 Å². The molecule has 5 aromatic rings. The molecule has 2 unspecified atom stereocenters. The number of piperazine rings is 1. The molecule has 4 aliphatic rings. The van der Waals surface area contributed by atoms with Crippen molar-refractivity contribution in [3.8, 4) is 35.2 Å². The monoisotopic (exact) mass is 707 g/mol. The van der Waals surface area contributed by atoms with Crippen molar-refractivity contribution in [2.24, 2.45) is 12.5 Å². The zero-order valence-corrected chi connectivity index (χ0v) is 29.8. The van der Waals surface area contributed by atoms with Crippen LogP contribution in [0.5, 0.6) is 11.8 Å². The molecule has 10 nitrogen and oxygen atoms in total. The second kappa shape index (κ2) is 12.5. The SMILES string of the molecule is C#Cc1c(F)ccc2cc(O)cc(-c3c(F)c4nc(OCC5(CN(C)C)CC5)nc(N5C6CCC5CN(C5CCOCC5)C6)c4c4cn(C)nc34)c12. The molecule has 2 aromatic heterocycles. The van der Waals surface area contributed by atoms with Gasteiger partial charge in [0.1, 0.15) is 28.4 Å². The summed E-state index contributed by atoms with van der Waals surface area (Å²) < 4.78 is 46.7. The Morgan fingerprint density at radius 2 is 1.77 bits per heavy atom. The minimum Gasteiger partial charge on any atom is -0.508 e. The average molecular weight is 708 g/mol. The molecule has 2 atom stereocenters. The van der Waals surface area contributed by atoms with Crippen molar-refractivity contribution in [3.63, 3.8) is 0 Å². The lowest BCUT2D eigenvalue weighted by Crippen LogP contribution is -2.57. The second-order valence-corrected chi connectivity index (χ2v) is 15.6. The number of anilines is 1. The highest BCUT2D eigenvalue weighted by molar-refractivity contribution is 6.18. The van der Waals surface area contributed by atoms with Crippen LogP contribution in [0.1, 0.15) is 44.1 Å². The van der Waals surface area contributed by atoms with Crippen molar-refractivity contribution < 1.29 is 23.4 Å². The van der Waals surface area contributed by atoms with Crippen molar-refractivity contribution in [1.29, 1.82) is 0 Å². The summed E-state index contributed by atoms with van der Waals surface area (Å²) in [6.45, 7) is 4.66. The molecule has 1 aliphatic carbocycles. The third-order valence-corrected chi connectivity index (χ3v) is 11.7. The summed E-state index contributed by atoms with van der Waals surface area (Å²) >= 11 is 0. The van der Waals surface area contributed by atoms with E-state index in [1.54, 1.807) is 11.7 Å². The predicted octanol–water partition coefficient (Wildman–Crippen LogP) is 5.85. The maximum absolute atomic E-state index is 17.7. The number of likely N-dealkylation sites (tertiary alicyclic amines) is 1. The van der Waals surface area contributed by atoms with E-state index in [1.165, 1.54) is 24.3 Å². The van der Waals surface area contributed by atoms with E-state index in [-0.39, 0.29) is 51.5 Å². The predicted molar refractivity (Wildman–Crippen MR) is 197 cm³/mol. The first-order valence-electron chi connectivity index (χ1n) is 18.3. The Balaban J connectivity index is 1.26. The van der Waals surface area contributed by atoms with Gasteiger partial charge in [0, 0.05) is 86.0 Å². The molecular formula is C40H43F2N7O3. The van der Waals surface area contributed by atoms with Crippen LogP contribution in [0.2, 0.25) is 0 Å². The molecule has 12 heteroatoms. The van der Waals surface area contributed by atoms with Gasteiger partial charge in [0.05, 0.1) is 17.6 Å². The number of aromatic nitrogens is 4. The van der Waals surface area contributed by atoms with Gasteiger partial charge in [0.15, 0.2) is 5.82 Å². The third-order valence-electron chi connectivity index (χ3n) is 11.7. The standard InChI is InChI=1S/C40H43F2N7O3/c1-5-28-31(41)9-6-23-16-27(50)17-29(32(23)28)33-35(42)37-34(30-20-47(4)45-36(30)33)38(44-39(43-37)52-22-40(12-13-40)21-46(2)3)49-25-7-8-26(49)19-48(18-25)24-10-14-51-15-11-24/h1,6,9,16-17,20,24-26,50H,7-8,10-15,18-19,21-22H2,2-4H3. The molecule has 0 radical (unpaired) electrons. The lowest BCUT2D eigenvalue weighted by molar-refractivity contribution is 0.0262. The summed E-state index contributed by atoms with van der Waals surface area (Å²) in [7, 11) is 5.90. The minimum absolute atomic E-state index is 0.00350. The molecule has 5 heterocycles. The molecule has 3 aliphatic heterocycles. The molecule has 2 bridgehead atoms. The van der Waals surface area contributed by atoms with Gasteiger partial charge in [0.2, 0.25) is 0 Å². The van der Waals surface area contributed by atoms with E-state index in [1.807, 2.05) is 6.20 Å². The highest BCUT2D eigenvalue weighted by Gasteiger charge is 2.46. The molecule has 1 saturated carbocycles. The summed E-state index contributed by atoms with van der Waals surface area (Å²) in [5, 5.41) is 17.7. The van der Waals surface area contributed by atoms with Crippen molar-refractivity contribution in [1.82, 2.24) is 29.5 Å². The van der Waals surface area contributed by atoms with Crippen LogP contribution < -0.4 is 9.64 Å². The smallest absolute Gasteiger partial charge is 0.319 e. The van der Waals surface area contributed by atoms with Gasteiger partial charge in [-0.2, -0.15) is 15.1 Å². The number of phenolic OH excluding ortho intramolecular Hbond substituents is 1. The summed E-state index contributed by atoms with van der Waals surface area (Å²) in [6, 6.07) is 6.70. The van der Waals surface area contributed by atoms with Crippen LogP contribution in [0, 0.1) is 29.4 Å². The van der Waals surface area contributed by atoms with Crippen LogP contribution in [0.3, 0.4) is 0 Å². The third kappa shape index (κ3) is 5.52. The van der Waals surface area contributed by atoms with Crippen LogP contribution in [0.4, 0.5) is 14.6 Å². The van der Waals surface area contributed by atoms with Gasteiger partial charge >= 0.3 is 6.01 Å². The van der Waals surface area contributed by atoms with Gasteiger partial charge in [-0.25, -0.2) is 8.78 Å². The Hall–Kier alpha value is -4.57. The van der Waals surface area contributed by atoms with E-state index < -0.39 is 11.6 Å².